The molecule has 0 aromatic heterocycles. The largest absolute Gasteiger partial charge is 0.462 e. The molecule has 0 rings (SSSR count). The molecule has 0 aromatic carbocycles. The van der Waals surface area contributed by atoms with Gasteiger partial charge in [0, 0.05) is 19.3 Å². The first-order valence-corrected chi connectivity index (χ1v) is 27.8. The van der Waals surface area contributed by atoms with Crippen LogP contribution in [0.4, 0.5) is 0 Å². The predicted octanol–water partition coefficient (Wildman–Crippen LogP) is 18.3. The molecule has 0 heterocycles. The summed E-state index contributed by atoms with van der Waals surface area (Å²) in [6, 6.07) is 0. The molecule has 0 bridgehead atoms. The lowest BCUT2D eigenvalue weighted by Crippen LogP contribution is -2.30. The van der Waals surface area contributed by atoms with Gasteiger partial charge in [-0.3, -0.25) is 14.4 Å². The van der Waals surface area contributed by atoms with Crippen LogP contribution >= 0.6 is 0 Å². The van der Waals surface area contributed by atoms with Gasteiger partial charge in [0.15, 0.2) is 6.10 Å². The molecule has 0 spiro atoms. The topological polar surface area (TPSA) is 78.9 Å². The molecule has 63 heavy (non-hydrogen) atoms. The summed E-state index contributed by atoms with van der Waals surface area (Å²) in [7, 11) is 0. The molecule has 0 unspecified atom stereocenters. The Morgan fingerprint density at radius 1 is 0.302 bits per heavy atom. The summed E-state index contributed by atoms with van der Waals surface area (Å²) < 4.78 is 16.8. The van der Waals surface area contributed by atoms with Gasteiger partial charge in [0.05, 0.1) is 0 Å². The van der Waals surface area contributed by atoms with Gasteiger partial charge in [-0.25, -0.2) is 0 Å². The number of hydrogen-bond acceptors (Lipinski definition) is 6. The van der Waals surface area contributed by atoms with Crippen molar-refractivity contribution in [3.63, 3.8) is 0 Å². The van der Waals surface area contributed by atoms with Gasteiger partial charge >= 0.3 is 17.9 Å². The number of rotatable bonds is 51. The maximum absolute atomic E-state index is 12.8. The van der Waals surface area contributed by atoms with Crippen molar-refractivity contribution in [3.05, 3.63) is 24.3 Å². The Morgan fingerprint density at radius 2 is 0.524 bits per heavy atom. The van der Waals surface area contributed by atoms with E-state index in [0.29, 0.717) is 19.3 Å². The molecule has 0 radical (unpaired) electrons. The lowest BCUT2D eigenvalue weighted by atomic mass is 10.0. The zero-order chi connectivity index (χ0) is 45.8. The van der Waals surface area contributed by atoms with Gasteiger partial charge in [0.1, 0.15) is 13.2 Å². The van der Waals surface area contributed by atoms with E-state index in [-0.39, 0.29) is 31.1 Å². The van der Waals surface area contributed by atoms with Crippen molar-refractivity contribution in [1.82, 2.24) is 0 Å². The second-order valence-corrected chi connectivity index (χ2v) is 18.8. The predicted molar refractivity (Wildman–Crippen MR) is 270 cm³/mol. The Kier molecular flexibility index (Phi) is 50.8. The molecule has 1 atom stereocenters. The van der Waals surface area contributed by atoms with Crippen molar-refractivity contribution in [2.24, 2.45) is 0 Å². The quantitative estimate of drug-likeness (QED) is 0.0262. The summed E-state index contributed by atoms with van der Waals surface area (Å²) in [5.41, 5.74) is 0. The highest BCUT2D eigenvalue weighted by Crippen LogP contribution is 2.16. The first-order valence-electron chi connectivity index (χ1n) is 27.8. The molecule has 6 heteroatoms. The smallest absolute Gasteiger partial charge is 0.306 e. The highest BCUT2D eigenvalue weighted by Gasteiger charge is 2.19. The molecule has 0 amide bonds. The zero-order valence-electron chi connectivity index (χ0n) is 42.4. The Morgan fingerprint density at radius 3 is 0.794 bits per heavy atom. The van der Waals surface area contributed by atoms with Gasteiger partial charge in [-0.1, -0.05) is 238 Å². The van der Waals surface area contributed by atoms with Crippen LogP contribution in [0.1, 0.15) is 303 Å². The van der Waals surface area contributed by atoms with E-state index in [2.05, 4.69) is 45.1 Å². The van der Waals surface area contributed by atoms with Gasteiger partial charge in [-0.05, 0) is 70.6 Å². The molecule has 0 saturated heterocycles. The van der Waals surface area contributed by atoms with Gasteiger partial charge in [-0.15, -0.1) is 0 Å². The number of carbonyl (C=O) groups is 3. The number of hydrogen-bond donors (Lipinski definition) is 0. The number of ether oxygens (including phenoxy) is 3. The van der Waals surface area contributed by atoms with Crippen molar-refractivity contribution >= 4 is 17.9 Å². The van der Waals surface area contributed by atoms with Crippen LogP contribution in [-0.4, -0.2) is 37.2 Å². The third-order valence-corrected chi connectivity index (χ3v) is 12.4. The minimum Gasteiger partial charge on any atom is -0.462 e. The third kappa shape index (κ3) is 50.7. The van der Waals surface area contributed by atoms with Crippen molar-refractivity contribution in [2.45, 2.75) is 309 Å². The number of unbranched alkanes of at least 4 members (excludes halogenated alkanes) is 36. The lowest BCUT2D eigenvalue weighted by Gasteiger charge is -2.18. The van der Waals surface area contributed by atoms with E-state index in [1.54, 1.807) is 0 Å². The average molecular weight is 887 g/mol. The molecule has 0 fully saturated rings. The summed E-state index contributed by atoms with van der Waals surface area (Å²) in [6.45, 7) is 6.65. The monoisotopic (exact) mass is 887 g/mol. The minimum atomic E-state index is -0.774. The average Bonchev–Trinajstić information content (AvgIpc) is 3.28. The molecule has 0 aromatic rings. The summed E-state index contributed by atoms with van der Waals surface area (Å²) in [5.74, 6) is -0.873. The second kappa shape index (κ2) is 52.5. The number of allylic oxidation sites excluding steroid dienone is 4. The van der Waals surface area contributed by atoms with Crippen LogP contribution in [0.5, 0.6) is 0 Å². The fourth-order valence-corrected chi connectivity index (χ4v) is 8.20. The van der Waals surface area contributed by atoms with E-state index in [9.17, 15) is 14.4 Å². The molecular formula is C57H106O6. The van der Waals surface area contributed by atoms with Crippen LogP contribution in [-0.2, 0) is 28.6 Å². The Balaban J connectivity index is 4.36. The highest BCUT2D eigenvalue weighted by molar-refractivity contribution is 5.71. The second-order valence-electron chi connectivity index (χ2n) is 18.8. The van der Waals surface area contributed by atoms with Crippen molar-refractivity contribution < 1.29 is 28.6 Å². The van der Waals surface area contributed by atoms with Crippen LogP contribution in [0.25, 0.3) is 0 Å². The zero-order valence-corrected chi connectivity index (χ0v) is 42.4. The fraction of sp³-hybridized carbons (Fsp3) is 0.877. The normalized spacial score (nSPS) is 12.1. The third-order valence-electron chi connectivity index (χ3n) is 12.4. The van der Waals surface area contributed by atoms with E-state index < -0.39 is 6.10 Å². The van der Waals surface area contributed by atoms with E-state index >= 15 is 0 Å². The van der Waals surface area contributed by atoms with Gasteiger partial charge < -0.3 is 14.2 Å². The summed E-state index contributed by atoms with van der Waals surface area (Å²) in [5, 5.41) is 0. The fourth-order valence-electron chi connectivity index (χ4n) is 8.20. The summed E-state index contributed by atoms with van der Waals surface area (Å²) >= 11 is 0. The lowest BCUT2D eigenvalue weighted by molar-refractivity contribution is -0.167. The van der Waals surface area contributed by atoms with E-state index in [1.807, 2.05) is 0 Å². The molecule has 6 nitrogen and oxygen atoms in total. The SMILES string of the molecule is CCCCCCCC/C=C/CCCCCCCC(=O)OC[C@H](COC(=O)CCCCCCCCCCCCCCCCC)OC(=O)CCCCCCC/C=C/CCCCCCCC. The molecular weight excluding hydrogens is 781 g/mol. The van der Waals surface area contributed by atoms with Crippen molar-refractivity contribution in [1.29, 1.82) is 0 Å². The van der Waals surface area contributed by atoms with E-state index in [0.717, 1.165) is 70.6 Å². The van der Waals surface area contributed by atoms with Crippen molar-refractivity contribution in [2.75, 3.05) is 13.2 Å². The maximum Gasteiger partial charge on any atom is 0.306 e. The molecule has 0 aliphatic heterocycles. The molecule has 0 N–H and O–H groups in total. The number of esters is 3. The minimum absolute atomic E-state index is 0.0730. The van der Waals surface area contributed by atoms with Crippen molar-refractivity contribution in [3.8, 4) is 0 Å². The number of carbonyl (C=O) groups excluding carboxylic acids is 3. The maximum atomic E-state index is 12.8. The van der Waals surface area contributed by atoms with Crippen LogP contribution in [0.15, 0.2) is 24.3 Å². The summed E-state index contributed by atoms with van der Waals surface area (Å²) in [4.78, 5) is 38.1. The first-order chi connectivity index (χ1) is 31.0. The van der Waals surface area contributed by atoms with Crippen LogP contribution in [0.3, 0.4) is 0 Å². The van der Waals surface area contributed by atoms with Gasteiger partial charge in [-0.2, -0.15) is 0 Å². The molecule has 0 aliphatic carbocycles. The van der Waals surface area contributed by atoms with Gasteiger partial charge in [0.25, 0.3) is 0 Å². The van der Waals surface area contributed by atoms with Crippen LogP contribution < -0.4 is 0 Å². The summed E-state index contributed by atoms with van der Waals surface area (Å²) in [6.07, 6.45) is 60.2. The van der Waals surface area contributed by atoms with Gasteiger partial charge in [0.2, 0.25) is 0 Å². The molecule has 370 valence electrons. The standard InChI is InChI=1S/C57H106O6/c1-4-7-10-13-16-19-22-25-28-31-34-37-40-43-46-49-55(58)61-52-54(63-57(60)51-48-45-42-39-36-33-30-27-24-21-18-15-12-9-6-3)53-62-56(59)50-47-44-41-38-35-32-29-26-23-20-17-14-11-8-5-2/h25,27-28,30,54H,4-24,26,29,31-53H2,1-3H3/b28-25+,30-27+/t54-/m1/s1. The highest BCUT2D eigenvalue weighted by atomic mass is 16.6. The van der Waals surface area contributed by atoms with E-state index in [1.165, 1.54) is 193 Å². The van der Waals surface area contributed by atoms with E-state index in [4.69, 9.17) is 14.2 Å². The van der Waals surface area contributed by atoms with Crippen LogP contribution in [0.2, 0.25) is 0 Å². The first kappa shape index (κ1) is 60.9. The molecule has 0 aliphatic rings. The molecule has 0 saturated carbocycles. The Hall–Kier alpha value is -2.11. The Labute approximate surface area is 392 Å². The van der Waals surface area contributed by atoms with Crippen LogP contribution in [0, 0.1) is 0 Å². The Bertz CT molecular complexity index is 1020.